The van der Waals surface area contributed by atoms with Crippen LogP contribution < -0.4 is 5.32 Å². The number of nitrogens with one attached hydrogen (secondary N) is 1. The Kier molecular flexibility index (Phi) is 4.35. The van der Waals surface area contributed by atoms with Gasteiger partial charge in [-0.1, -0.05) is 36.4 Å². The smallest absolute Gasteiger partial charge is 0.251 e. The molecule has 0 aliphatic rings. The average molecular weight is 290 g/mol. The molecule has 3 heteroatoms. The first-order valence-electron chi connectivity index (χ1n) is 7.38. The fourth-order valence-electron chi connectivity index (χ4n) is 2.38. The summed E-state index contributed by atoms with van der Waals surface area (Å²) < 4.78 is 1.99. The minimum absolute atomic E-state index is 0.0371. The lowest BCUT2D eigenvalue weighted by Crippen LogP contribution is -2.25. The molecule has 22 heavy (non-hydrogen) atoms. The van der Waals surface area contributed by atoms with Crippen molar-refractivity contribution < 1.29 is 4.79 Å². The monoisotopic (exact) mass is 290 g/mol. The standard InChI is InChI=1S/C19H18N2O/c22-19(20-12-11-16-7-2-1-3-8-16)17-9-6-10-18(15-17)21-13-4-5-14-21/h1-10,13-15H,11-12H2,(H,20,22). The van der Waals surface area contributed by atoms with Gasteiger partial charge in [-0.05, 0) is 42.3 Å². The van der Waals surface area contributed by atoms with Gasteiger partial charge in [-0.3, -0.25) is 4.79 Å². The molecule has 0 aliphatic heterocycles. The zero-order valence-corrected chi connectivity index (χ0v) is 12.3. The highest BCUT2D eigenvalue weighted by Crippen LogP contribution is 2.11. The highest BCUT2D eigenvalue weighted by Gasteiger charge is 2.06. The number of hydrogen-bond acceptors (Lipinski definition) is 1. The van der Waals surface area contributed by atoms with Gasteiger partial charge in [0, 0.05) is 30.2 Å². The van der Waals surface area contributed by atoms with Crippen LogP contribution >= 0.6 is 0 Å². The minimum atomic E-state index is -0.0371. The van der Waals surface area contributed by atoms with Crippen molar-refractivity contribution in [2.75, 3.05) is 6.54 Å². The lowest BCUT2D eigenvalue weighted by atomic mass is 10.1. The maximum Gasteiger partial charge on any atom is 0.251 e. The van der Waals surface area contributed by atoms with Crippen LogP contribution in [0, 0.1) is 0 Å². The zero-order chi connectivity index (χ0) is 15.2. The fraction of sp³-hybridized carbons (Fsp3) is 0.105. The third kappa shape index (κ3) is 3.44. The third-order valence-electron chi connectivity index (χ3n) is 3.55. The summed E-state index contributed by atoms with van der Waals surface area (Å²) in [4.78, 5) is 12.2. The lowest BCUT2D eigenvalue weighted by molar-refractivity contribution is 0.0954. The predicted octanol–water partition coefficient (Wildman–Crippen LogP) is 3.45. The van der Waals surface area contributed by atoms with E-state index in [4.69, 9.17) is 0 Å². The molecule has 0 saturated heterocycles. The van der Waals surface area contributed by atoms with Crippen molar-refractivity contribution in [1.29, 1.82) is 0 Å². The highest BCUT2D eigenvalue weighted by atomic mass is 16.1. The van der Waals surface area contributed by atoms with Gasteiger partial charge in [0.05, 0.1) is 0 Å². The molecule has 3 nitrogen and oxygen atoms in total. The van der Waals surface area contributed by atoms with E-state index in [2.05, 4.69) is 17.4 Å². The van der Waals surface area contributed by atoms with E-state index >= 15 is 0 Å². The molecule has 3 rings (SSSR count). The lowest BCUT2D eigenvalue weighted by Gasteiger charge is -2.08. The molecule has 1 amide bonds. The van der Waals surface area contributed by atoms with Gasteiger partial charge in [-0.25, -0.2) is 0 Å². The number of carbonyl (C=O) groups is 1. The quantitative estimate of drug-likeness (QED) is 0.767. The predicted molar refractivity (Wildman–Crippen MR) is 88.2 cm³/mol. The molecule has 0 bridgehead atoms. The van der Waals surface area contributed by atoms with E-state index < -0.39 is 0 Å². The molecular weight excluding hydrogens is 272 g/mol. The molecule has 0 radical (unpaired) electrons. The van der Waals surface area contributed by atoms with Crippen LogP contribution in [0.5, 0.6) is 0 Å². The molecule has 1 N–H and O–H groups in total. The average Bonchev–Trinajstić information content (AvgIpc) is 3.10. The van der Waals surface area contributed by atoms with Crippen LogP contribution in [0.3, 0.4) is 0 Å². The Balaban J connectivity index is 1.62. The highest BCUT2D eigenvalue weighted by molar-refractivity contribution is 5.94. The van der Waals surface area contributed by atoms with Gasteiger partial charge in [0.15, 0.2) is 0 Å². The van der Waals surface area contributed by atoms with Gasteiger partial charge in [0.25, 0.3) is 5.91 Å². The zero-order valence-electron chi connectivity index (χ0n) is 12.3. The minimum Gasteiger partial charge on any atom is -0.352 e. The summed E-state index contributed by atoms with van der Waals surface area (Å²) in [6.07, 6.45) is 4.77. The number of amides is 1. The fourth-order valence-corrected chi connectivity index (χ4v) is 2.38. The van der Waals surface area contributed by atoms with Crippen LogP contribution in [0.2, 0.25) is 0 Å². The summed E-state index contributed by atoms with van der Waals surface area (Å²) in [6.45, 7) is 0.636. The van der Waals surface area contributed by atoms with E-state index in [0.29, 0.717) is 12.1 Å². The first kappa shape index (κ1) is 14.1. The second-order valence-corrected chi connectivity index (χ2v) is 5.13. The Morgan fingerprint density at radius 2 is 1.68 bits per heavy atom. The number of rotatable bonds is 5. The van der Waals surface area contributed by atoms with Crippen molar-refractivity contribution >= 4 is 5.91 Å². The van der Waals surface area contributed by atoms with Crippen LogP contribution in [0.15, 0.2) is 79.1 Å². The summed E-state index contributed by atoms with van der Waals surface area (Å²) in [7, 11) is 0. The summed E-state index contributed by atoms with van der Waals surface area (Å²) in [5.41, 5.74) is 2.89. The molecule has 0 aliphatic carbocycles. The molecule has 0 unspecified atom stereocenters. The molecule has 3 aromatic rings. The van der Waals surface area contributed by atoms with Crippen molar-refractivity contribution in [2.24, 2.45) is 0 Å². The first-order chi connectivity index (χ1) is 10.8. The molecule has 0 spiro atoms. The SMILES string of the molecule is O=C(NCCc1ccccc1)c1cccc(-n2cccc2)c1. The Morgan fingerprint density at radius 1 is 0.909 bits per heavy atom. The topological polar surface area (TPSA) is 34.0 Å². The van der Waals surface area contributed by atoms with Gasteiger partial charge in [-0.2, -0.15) is 0 Å². The van der Waals surface area contributed by atoms with Crippen LogP contribution in [0.4, 0.5) is 0 Å². The van der Waals surface area contributed by atoms with Crippen molar-refractivity contribution in [3.05, 3.63) is 90.3 Å². The third-order valence-corrected chi connectivity index (χ3v) is 3.55. The van der Waals surface area contributed by atoms with Crippen LogP contribution in [0.25, 0.3) is 5.69 Å². The van der Waals surface area contributed by atoms with Crippen molar-refractivity contribution in [1.82, 2.24) is 9.88 Å². The van der Waals surface area contributed by atoms with Crippen molar-refractivity contribution in [3.8, 4) is 5.69 Å². The molecule has 110 valence electrons. The Labute approximate surface area is 130 Å². The first-order valence-corrected chi connectivity index (χ1v) is 7.38. The largest absolute Gasteiger partial charge is 0.352 e. The maximum atomic E-state index is 12.2. The molecule has 1 aromatic heterocycles. The molecule has 0 saturated carbocycles. The molecular formula is C19H18N2O. The number of benzene rings is 2. The normalized spacial score (nSPS) is 10.4. The number of hydrogen-bond donors (Lipinski definition) is 1. The van der Waals surface area contributed by atoms with Gasteiger partial charge < -0.3 is 9.88 Å². The second-order valence-electron chi connectivity index (χ2n) is 5.13. The van der Waals surface area contributed by atoms with Crippen molar-refractivity contribution in [3.63, 3.8) is 0 Å². The molecule has 1 heterocycles. The van der Waals surface area contributed by atoms with Crippen LogP contribution in [-0.4, -0.2) is 17.0 Å². The van der Waals surface area contributed by atoms with Gasteiger partial charge in [-0.15, -0.1) is 0 Å². The summed E-state index contributed by atoms with van der Waals surface area (Å²) in [5.74, 6) is -0.0371. The van der Waals surface area contributed by atoms with E-state index in [1.54, 1.807) is 0 Å². The molecule has 2 aromatic carbocycles. The van der Waals surface area contributed by atoms with Gasteiger partial charge in [0.1, 0.15) is 0 Å². The van der Waals surface area contributed by atoms with Crippen LogP contribution in [0.1, 0.15) is 15.9 Å². The Morgan fingerprint density at radius 3 is 2.45 bits per heavy atom. The van der Waals surface area contributed by atoms with Gasteiger partial charge in [0.2, 0.25) is 0 Å². The second kappa shape index (κ2) is 6.76. The van der Waals surface area contributed by atoms with Gasteiger partial charge >= 0.3 is 0 Å². The Bertz CT molecular complexity index is 733. The van der Waals surface area contributed by atoms with E-state index in [0.717, 1.165) is 12.1 Å². The summed E-state index contributed by atoms with van der Waals surface area (Å²) in [6, 6.07) is 21.7. The van der Waals surface area contributed by atoms with E-state index in [-0.39, 0.29) is 5.91 Å². The van der Waals surface area contributed by atoms with E-state index in [1.165, 1.54) is 5.56 Å². The number of aromatic nitrogens is 1. The number of nitrogens with zero attached hydrogens (tertiary/aromatic N) is 1. The van der Waals surface area contributed by atoms with E-state index in [9.17, 15) is 4.79 Å². The van der Waals surface area contributed by atoms with Crippen molar-refractivity contribution in [2.45, 2.75) is 6.42 Å². The summed E-state index contributed by atoms with van der Waals surface area (Å²) in [5, 5.41) is 2.97. The maximum absolute atomic E-state index is 12.2. The summed E-state index contributed by atoms with van der Waals surface area (Å²) >= 11 is 0. The van der Waals surface area contributed by atoms with E-state index in [1.807, 2.05) is 71.6 Å². The molecule has 0 fully saturated rings. The molecule has 0 atom stereocenters. The van der Waals surface area contributed by atoms with Crippen LogP contribution in [-0.2, 0) is 6.42 Å². The Hall–Kier alpha value is -2.81. The number of carbonyl (C=O) groups excluding carboxylic acids is 1.